The quantitative estimate of drug-likeness (QED) is 0.361. The van der Waals surface area contributed by atoms with Crippen LogP contribution in [-0.4, -0.2) is 36.6 Å². The van der Waals surface area contributed by atoms with Crippen LogP contribution in [0.25, 0.3) is 0 Å². The molecule has 2 N–H and O–H groups in total. The van der Waals surface area contributed by atoms with Crippen molar-refractivity contribution < 1.29 is 22.4 Å². The Kier molecular flexibility index (Phi) is 13.4. The summed E-state index contributed by atoms with van der Waals surface area (Å²) in [5, 5.41) is 0. The van der Waals surface area contributed by atoms with Crippen molar-refractivity contribution in [1.29, 1.82) is 0 Å². The fourth-order valence-electron chi connectivity index (χ4n) is 1.16. The molecule has 0 bridgehead atoms. The molecule has 0 fully saturated rings. The van der Waals surface area contributed by atoms with Gasteiger partial charge in [-0.15, -0.1) is 0 Å². The van der Waals surface area contributed by atoms with Gasteiger partial charge in [0, 0.05) is 0 Å². The van der Waals surface area contributed by atoms with Crippen LogP contribution in [0.5, 0.6) is 0 Å². The molecular formula is C10H20ClNO. The molecule has 0 rings (SSSR count). The highest BCUT2D eigenvalue weighted by molar-refractivity contribution is 4.74. The van der Waals surface area contributed by atoms with Gasteiger partial charge in [-0.25, -0.2) is 0 Å². The number of halogens is 1. The van der Waals surface area contributed by atoms with Crippen LogP contribution >= 0.6 is 0 Å². The minimum atomic E-state index is 0. The molecule has 3 heteroatoms. The molecule has 0 aliphatic carbocycles. The summed E-state index contributed by atoms with van der Waals surface area (Å²) < 4.78 is 0.927. The van der Waals surface area contributed by atoms with Gasteiger partial charge in [-0.05, 0) is 18.2 Å². The van der Waals surface area contributed by atoms with E-state index in [0.29, 0.717) is 0 Å². The van der Waals surface area contributed by atoms with Crippen LogP contribution in [0.4, 0.5) is 0 Å². The van der Waals surface area contributed by atoms with Crippen molar-refractivity contribution in [3.8, 4) is 0 Å². The lowest BCUT2D eigenvalue weighted by Gasteiger charge is -2.30. The van der Waals surface area contributed by atoms with Gasteiger partial charge in [-0.2, -0.15) is 0 Å². The van der Waals surface area contributed by atoms with Gasteiger partial charge in [0.05, 0.1) is 26.7 Å². The number of likely N-dealkylation sites (N-methyl/N-ethyl adjacent to an activating group) is 1. The Bertz CT molecular complexity index is 130. The molecule has 0 aromatic heterocycles. The van der Waals surface area contributed by atoms with Crippen LogP contribution < -0.4 is 12.4 Å². The van der Waals surface area contributed by atoms with E-state index in [1.54, 1.807) is 0 Å². The van der Waals surface area contributed by atoms with Gasteiger partial charge in [0.15, 0.2) is 0 Å². The van der Waals surface area contributed by atoms with Gasteiger partial charge in [-0.1, -0.05) is 19.7 Å². The lowest BCUT2D eigenvalue weighted by molar-refractivity contribution is -0.892. The molecule has 0 aliphatic heterocycles. The fourth-order valence-corrected chi connectivity index (χ4v) is 1.16. The number of nitrogens with zero attached hydrogens (tertiary/aromatic N) is 1. The smallest absolute Gasteiger partial charge is 0.0973 e. The third kappa shape index (κ3) is 7.78. The minimum absolute atomic E-state index is 0. The first-order chi connectivity index (χ1) is 5.18. The van der Waals surface area contributed by atoms with Gasteiger partial charge in [-0.3, -0.25) is 0 Å². The first kappa shape index (κ1) is 18.3. The Morgan fingerprint density at radius 3 is 1.31 bits per heavy atom. The number of quaternary nitrogens is 1. The van der Waals surface area contributed by atoms with E-state index in [-0.39, 0.29) is 17.9 Å². The summed E-state index contributed by atoms with van der Waals surface area (Å²) in [6.07, 6.45) is 5.81. The normalized spacial score (nSPS) is 9.00. The zero-order chi connectivity index (χ0) is 8.74. The van der Waals surface area contributed by atoms with Gasteiger partial charge in [0.25, 0.3) is 0 Å². The second-order valence-electron chi connectivity index (χ2n) is 3.03. The van der Waals surface area contributed by atoms with Crippen LogP contribution in [-0.2, 0) is 0 Å². The summed E-state index contributed by atoms with van der Waals surface area (Å²) in [4.78, 5) is 0. The number of rotatable bonds is 6. The summed E-state index contributed by atoms with van der Waals surface area (Å²) in [5.41, 5.74) is 0. The van der Waals surface area contributed by atoms with Gasteiger partial charge in [0.2, 0.25) is 0 Å². The Labute approximate surface area is 87.6 Å². The minimum Gasteiger partial charge on any atom is -1.00 e. The molecule has 78 valence electrons. The average Bonchev–Trinajstić information content (AvgIpc) is 1.88. The second kappa shape index (κ2) is 9.52. The van der Waals surface area contributed by atoms with Crippen LogP contribution in [0.3, 0.4) is 0 Å². The molecule has 0 atom stereocenters. The Morgan fingerprint density at radius 2 is 1.15 bits per heavy atom. The van der Waals surface area contributed by atoms with Crippen LogP contribution in [0.15, 0.2) is 38.0 Å². The molecule has 0 saturated carbocycles. The first-order valence-electron chi connectivity index (χ1n) is 3.85. The zero-order valence-electron chi connectivity index (χ0n) is 8.30. The van der Waals surface area contributed by atoms with E-state index in [0.717, 1.165) is 24.1 Å². The third-order valence-corrected chi connectivity index (χ3v) is 1.71. The standard InChI is InChI=1S/C10H18N.ClH.H2O/c1-5-8-11(4,9-6-2)10-7-3;;/h5-7H,1-3,8-10H2,4H3;1H;1H2/q+1;;/p-1. The molecule has 2 nitrogen and oxygen atoms in total. The van der Waals surface area contributed by atoms with Gasteiger partial charge >= 0.3 is 0 Å². The Hall–Kier alpha value is -0.570. The fraction of sp³-hybridized carbons (Fsp3) is 0.400. The van der Waals surface area contributed by atoms with Crippen molar-refractivity contribution in [2.24, 2.45) is 0 Å². The van der Waals surface area contributed by atoms with Crippen molar-refractivity contribution in [1.82, 2.24) is 0 Å². The monoisotopic (exact) mass is 205 g/mol. The van der Waals surface area contributed by atoms with Gasteiger partial charge in [0.1, 0.15) is 0 Å². The lowest BCUT2D eigenvalue weighted by Crippen LogP contribution is -3.00. The molecule has 13 heavy (non-hydrogen) atoms. The second-order valence-corrected chi connectivity index (χ2v) is 3.03. The van der Waals surface area contributed by atoms with Crippen molar-refractivity contribution in [2.45, 2.75) is 0 Å². The van der Waals surface area contributed by atoms with Crippen molar-refractivity contribution >= 4 is 0 Å². The molecule has 0 spiro atoms. The highest BCUT2D eigenvalue weighted by atomic mass is 35.5. The molecule has 0 saturated heterocycles. The number of hydrogen-bond donors (Lipinski definition) is 0. The molecule has 0 heterocycles. The molecular weight excluding hydrogens is 186 g/mol. The number of hydrogen-bond acceptors (Lipinski definition) is 0. The molecule has 0 aromatic rings. The molecule has 0 aromatic carbocycles. The molecule has 0 radical (unpaired) electrons. The molecule has 0 amide bonds. The largest absolute Gasteiger partial charge is 1.00 e. The summed E-state index contributed by atoms with van der Waals surface area (Å²) in [5.74, 6) is 0. The Balaban J connectivity index is -0.000000500. The summed E-state index contributed by atoms with van der Waals surface area (Å²) in [6, 6.07) is 0. The maximum absolute atomic E-state index is 3.73. The van der Waals surface area contributed by atoms with E-state index < -0.39 is 0 Å². The Morgan fingerprint density at radius 1 is 0.923 bits per heavy atom. The topological polar surface area (TPSA) is 31.5 Å². The van der Waals surface area contributed by atoms with Crippen molar-refractivity contribution in [3.05, 3.63) is 38.0 Å². The SMILES string of the molecule is C=CC[N+](C)(CC=C)CC=C.O.[Cl-]. The average molecular weight is 206 g/mol. The predicted molar refractivity (Wildman–Crippen MR) is 55.0 cm³/mol. The van der Waals surface area contributed by atoms with Crippen molar-refractivity contribution in [3.63, 3.8) is 0 Å². The zero-order valence-corrected chi connectivity index (χ0v) is 9.06. The molecule has 0 aliphatic rings. The van der Waals surface area contributed by atoms with E-state index in [9.17, 15) is 0 Å². The maximum Gasteiger partial charge on any atom is 0.0973 e. The molecule has 0 unspecified atom stereocenters. The van der Waals surface area contributed by atoms with E-state index in [1.165, 1.54) is 0 Å². The maximum atomic E-state index is 3.73. The van der Waals surface area contributed by atoms with E-state index in [1.807, 2.05) is 18.2 Å². The predicted octanol–water partition coefficient (Wildman–Crippen LogP) is -1.83. The summed E-state index contributed by atoms with van der Waals surface area (Å²) in [6.45, 7) is 14.1. The highest BCUT2D eigenvalue weighted by Gasteiger charge is 2.14. The van der Waals surface area contributed by atoms with Crippen LogP contribution in [0.1, 0.15) is 0 Å². The van der Waals surface area contributed by atoms with E-state index in [2.05, 4.69) is 26.8 Å². The first-order valence-corrected chi connectivity index (χ1v) is 3.85. The highest BCUT2D eigenvalue weighted by Crippen LogP contribution is 2.01. The third-order valence-electron chi connectivity index (χ3n) is 1.71. The summed E-state index contributed by atoms with van der Waals surface area (Å²) in [7, 11) is 2.17. The van der Waals surface area contributed by atoms with Crippen LogP contribution in [0.2, 0.25) is 0 Å². The van der Waals surface area contributed by atoms with Crippen LogP contribution in [0, 0.1) is 0 Å². The van der Waals surface area contributed by atoms with Crippen molar-refractivity contribution in [2.75, 3.05) is 26.7 Å². The van der Waals surface area contributed by atoms with E-state index in [4.69, 9.17) is 0 Å². The summed E-state index contributed by atoms with van der Waals surface area (Å²) >= 11 is 0. The lowest BCUT2D eigenvalue weighted by atomic mass is 10.3. The van der Waals surface area contributed by atoms with E-state index >= 15 is 0 Å². The van der Waals surface area contributed by atoms with Gasteiger partial charge < -0.3 is 22.4 Å².